The lowest BCUT2D eigenvalue weighted by Gasteiger charge is -2.38. The Kier molecular flexibility index (Phi) is 6.82. The van der Waals surface area contributed by atoms with E-state index in [-0.39, 0.29) is 0 Å². The highest BCUT2D eigenvalue weighted by Crippen LogP contribution is 2.40. The van der Waals surface area contributed by atoms with Gasteiger partial charge in [-0.2, -0.15) is 0 Å². The molecule has 0 spiro atoms. The van der Waals surface area contributed by atoms with E-state index < -0.39 is 15.2 Å². The summed E-state index contributed by atoms with van der Waals surface area (Å²) in [5.41, 5.74) is 6.50. The average molecular weight is 330 g/mol. The lowest BCUT2D eigenvalue weighted by atomic mass is 9.79. The lowest BCUT2D eigenvalue weighted by molar-refractivity contribution is 0.112. The number of rotatable bonds is 5. The summed E-state index contributed by atoms with van der Waals surface area (Å²) >= 11 is 0. The van der Waals surface area contributed by atoms with Crippen LogP contribution in [0.5, 0.6) is 0 Å². The summed E-state index contributed by atoms with van der Waals surface area (Å²) in [6, 6.07) is 4.79. The van der Waals surface area contributed by atoms with Crippen molar-refractivity contribution in [2.45, 2.75) is 58.2 Å². The van der Waals surface area contributed by atoms with Gasteiger partial charge in [-0.1, -0.05) is 59.6 Å². The van der Waals surface area contributed by atoms with Crippen LogP contribution in [0, 0.1) is 11.5 Å². The Balaban J connectivity index is 3.40. The summed E-state index contributed by atoms with van der Waals surface area (Å²) in [4.78, 5) is 11.3. The van der Waals surface area contributed by atoms with E-state index in [1.165, 1.54) is 6.07 Å². The standard InChI is InChI=1S/C18H27BO3Si/c1-13(2)23(14(3)4,15(5)6)10-9-16-7-8-18(19(21)22)11-17(16)12-20/h7-8,11-15,21-22H,1-6H3. The van der Waals surface area contributed by atoms with Gasteiger partial charge >= 0.3 is 7.12 Å². The van der Waals surface area contributed by atoms with E-state index in [0.717, 1.165) is 6.29 Å². The zero-order valence-electron chi connectivity index (χ0n) is 14.9. The molecule has 0 radical (unpaired) electrons. The molecule has 23 heavy (non-hydrogen) atoms. The highest BCUT2D eigenvalue weighted by Gasteiger charge is 2.41. The first kappa shape index (κ1) is 19.7. The molecule has 0 aliphatic heterocycles. The zero-order valence-corrected chi connectivity index (χ0v) is 15.9. The highest BCUT2D eigenvalue weighted by molar-refractivity contribution is 6.90. The van der Waals surface area contributed by atoms with Gasteiger partial charge in [-0.3, -0.25) is 4.79 Å². The Morgan fingerprint density at radius 1 is 1.04 bits per heavy atom. The van der Waals surface area contributed by atoms with Crippen LogP contribution in [0.15, 0.2) is 18.2 Å². The molecular formula is C18H27BO3Si. The van der Waals surface area contributed by atoms with Crippen molar-refractivity contribution in [3.63, 3.8) is 0 Å². The van der Waals surface area contributed by atoms with Gasteiger partial charge in [-0.25, -0.2) is 0 Å². The molecule has 1 aromatic rings. The number of aldehydes is 1. The van der Waals surface area contributed by atoms with E-state index >= 15 is 0 Å². The summed E-state index contributed by atoms with van der Waals surface area (Å²) in [5.74, 6) is 3.23. The highest BCUT2D eigenvalue weighted by atomic mass is 28.3. The first-order valence-corrected chi connectivity index (χ1v) is 10.4. The summed E-state index contributed by atoms with van der Waals surface area (Å²) in [5, 5.41) is 18.4. The third-order valence-corrected chi connectivity index (χ3v) is 11.1. The largest absolute Gasteiger partial charge is 0.488 e. The van der Waals surface area contributed by atoms with E-state index in [2.05, 4.69) is 53.0 Å². The number of hydrogen-bond acceptors (Lipinski definition) is 3. The van der Waals surface area contributed by atoms with Gasteiger partial charge in [0.1, 0.15) is 8.07 Å². The molecule has 2 N–H and O–H groups in total. The second-order valence-electron chi connectivity index (χ2n) is 6.99. The topological polar surface area (TPSA) is 57.5 Å². The van der Waals surface area contributed by atoms with Crippen molar-refractivity contribution in [2.24, 2.45) is 0 Å². The molecule has 0 bridgehead atoms. The third-order valence-electron chi connectivity index (χ3n) is 4.78. The van der Waals surface area contributed by atoms with E-state index in [0.29, 0.717) is 33.2 Å². The Morgan fingerprint density at radius 2 is 1.57 bits per heavy atom. The third kappa shape index (κ3) is 4.14. The van der Waals surface area contributed by atoms with E-state index in [9.17, 15) is 14.8 Å². The molecule has 0 unspecified atom stereocenters. The molecule has 1 rings (SSSR count). The first-order valence-electron chi connectivity index (χ1n) is 8.15. The van der Waals surface area contributed by atoms with Crippen LogP contribution >= 0.6 is 0 Å². The van der Waals surface area contributed by atoms with Crippen LogP contribution in [0.2, 0.25) is 16.6 Å². The van der Waals surface area contributed by atoms with Gasteiger partial charge in [0.15, 0.2) is 6.29 Å². The monoisotopic (exact) mass is 330 g/mol. The van der Waals surface area contributed by atoms with Crippen molar-refractivity contribution in [2.75, 3.05) is 0 Å². The fourth-order valence-electron chi connectivity index (χ4n) is 3.56. The summed E-state index contributed by atoms with van der Waals surface area (Å²) in [7, 11) is -3.43. The Hall–Kier alpha value is -1.35. The quantitative estimate of drug-likeness (QED) is 0.496. The molecule has 0 aliphatic rings. The van der Waals surface area contributed by atoms with Crippen LogP contribution in [0.3, 0.4) is 0 Å². The molecule has 1 aromatic carbocycles. The molecule has 0 aliphatic carbocycles. The fraction of sp³-hybridized carbons (Fsp3) is 0.500. The number of carbonyl (C=O) groups excluding carboxylic acids is 1. The van der Waals surface area contributed by atoms with E-state index in [4.69, 9.17) is 0 Å². The normalized spacial score (nSPS) is 11.6. The molecular weight excluding hydrogens is 303 g/mol. The van der Waals surface area contributed by atoms with Crippen LogP contribution in [-0.2, 0) is 0 Å². The lowest BCUT2D eigenvalue weighted by Crippen LogP contribution is -2.43. The maximum Gasteiger partial charge on any atom is 0.488 e. The molecule has 0 amide bonds. The Labute approximate surface area is 141 Å². The first-order chi connectivity index (χ1) is 10.7. The van der Waals surface area contributed by atoms with Gasteiger partial charge in [0.2, 0.25) is 0 Å². The SMILES string of the molecule is CC(C)[Si](C#Cc1ccc(B(O)O)cc1C=O)(C(C)C)C(C)C. The summed E-state index contributed by atoms with van der Waals surface area (Å²) in [6.45, 7) is 13.5. The molecule has 5 heteroatoms. The van der Waals surface area contributed by atoms with Gasteiger partial charge < -0.3 is 10.0 Å². The number of benzene rings is 1. The zero-order chi connectivity index (χ0) is 17.8. The minimum absolute atomic E-state index is 0.303. The molecule has 0 heterocycles. The van der Waals surface area contributed by atoms with Crippen LogP contribution in [0.25, 0.3) is 0 Å². The summed E-state index contributed by atoms with van der Waals surface area (Å²) < 4.78 is 0. The Bertz CT molecular complexity index is 591. The maximum absolute atomic E-state index is 11.3. The maximum atomic E-state index is 11.3. The average Bonchev–Trinajstić information content (AvgIpc) is 2.46. The summed E-state index contributed by atoms with van der Waals surface area (Å²) in [6.07, 6.45) is 0.721. The second kappa shape index (κ2) is 7.96. The molecule has 0 saturated heterocycles. The number of carbonyl (C=O) groups is 1. The van der Waals surface area contributed by atoms with Crippen LogP contribution in [0.1, 0.15) is 57.5 Å². The predicted molar refractivity (Wildman–Crippen MR) is 99.6 cm³/mol. The Morgan fingerprint density at radius 3 is 1.96 bits per heavy atom. The minimum atomic E-state index is -1.86. The molecule has 0 saturated carbocycles. The predicted octanol–water partition coefficient (Wildman–Crippen LogP) is 2.75. The van der Waals surface area contributed by atoms with Crippen LogP contribution in [-0.4, -0.2) is 31.5 Å². The molecule has 0 atom stereocenters. The van der Waals surface area contributed by atoms with Gasteiger partial charge in [0.05, 0.1) is 0 Å². The minimum Gasteiger partial charge on any atom is -0.423 e. The molecule has 0 aromatic heterocycles. The fourth-order valence-corrected chi connectivity index (χ4v) is 8.78. The second-order valence-corrected chi connectivity index (χ2v) is 12.6. The van der Waals surface area contributed by atoms with Crippen molar-refractivity contribution in [1.29, 1.82) is 0 Å². The smallest absolute Gasteiger partial charge is 0.423 e. The van der Waals surface area contributed by atoms with Crippen molar-refractivity contribution in [3.05, 3.63) is 29.3 Å². The van der Waals surface area contributed by atoms with Crippen molar-refractivity contribution in [1.82, 2.24) is 0 Å². The van der Waals surface area contributed by atoms with Gasteiger partial charge in [-0.05, 0) is 28.2 Å². The van der Waals surface area contributed by atoms with Crippen molar-refractivity contribution >= 4 is 26.9 Å². The van der Waals surface area contributed by atoms with E-state index in [1.807, 2.05) is 0 Å². The van der Waals surface area contributed by atoms with Crippen molar-refractivity contribution < 1.29 is 14.8 Å². The molecule has 0 fully saturated rings. The van der Waals surface area contributed by atoms with Gasteiger partial charge in [0, 0.05) is 11.1 Å². The number of hydrogen-bond donors (Lipinski definition) is 2. The van der Waals surface area contributed by atoms with Gasteiger partial charge in [-0.15, -0.1) is 5.54 Å². The molecule has 124 valence electrons. The van der Waals surface area contributed by atoms with E-state index in [1.54, 1.807) is 12.1 Å². The van der Waals surface area contributed by atoms with Gasteiger partial charge in [0.25, 0.3) is 0 Å². The molecule has 3 nitrogen and oxygen atoms in total. The van der Waals surface area contributed by atoms with Crippen molar-refractivity contribution in [3.8, 4) is 11.5 Å². The van der Waals surface area contributed by atoms with Crippen LogP contribution in [0.4, 0.5) is 0 Å². The van der Waals surface area contributed by atoms with Crippen LogP contribution < -0.4 is 5.46 Å².